The third-order valence-electron chi connectivity index (χ3n) is 3.16. The summed E-state index contributed by atoms with van der Waals surface area (Å²) in [5.41, 5.74) is 2.06. The summed E-state index contributed by atoms with van der Waals surface area (Å²) in [6.45, 7) is 3.53. The highest BCUT2D eigenvalue weighted by molar-refractivity contribution is 7.89. The van der Waals surface area contributed by atoms with E-state index in [0.29, 0.717) is 6.54 Å². The Labute approximate surface area is 124 Å². The van der Waals surface area contributed by atoms with Crippen LogP contribution in [-0.2, 0) is 16.6 Å². The van der Waals surface area contributed by atoms with Crippen molar-refractivity contribution < 1.29 is 8.42 Å². The third-order valence-corrected chi connectivity index (χ3v) is 5.46. The average Bonchev–Trinajstić information content (AvgIpc) is 2.74. The molecule has 1 aliphatic rings. The summed E-state index contributed by atoms with van der Waals surface area (Å²) < 4.78 is 25.3. The molecule has 2 rings (SSSR count). The topological polar surface area (TPSA) is 53.0 Å². The average molecular weight is 316 g/mol. The van der Waals surface area contributed by atoms with E-state index in [1.165, 1.54) is 14.1 Å². The van der Waals surface area contributed by atoms with Crippen LogP contribution in [0.15, 0.2) is 28.2 Å². The molecule has 0 aliphatic carbocycles. The van der Waals surface area contributed by atoms with Crippen molar-refractivity contribution in [3.8, 4) is 0 Å². The number of rotatable bonds is 4. The Balaban J connectivity index is 2.22. The number of nitrogens with zero attached hydrogens (tertiary/aromatic N) is 3. The van der Waals surface area contributed by atoms with Crippen molar-refractivity contribution >= 4 is 27.3 Å². The molecule has 0 fully saturated rings. The van der Waals surface area contributed by atoms with Crippen LogP contribution in [0.25, 0.3) is 0 Å². The number of sulfonamides is 1. The lowest BCUT2D eigenvalue weighted by atomic mass is 10.2. The number of hydrazone groups is 1. The van der Waals surface area contributed by atoms with E-state index in [1.807, 2.05) is 11.9 Å². The maximum atomic E-state index is 12.1. The minimum Gasteiger partial charge on any atom is -0.292 e. The molecular formula is C13H18ClN3O2S. The molecule has 0 unspecified atom stereocenters. The van der Waals surface area contributed by atoms with Gasteiger partial charge >= 0.3 is 0 Å². The normalized spacial score (nSPS) is 15.8. The SMILES string of the molecule is CC1=NN(Cc2ccc(S(=O)(=O)N(C)C)c(Cl)c2)CC1. The minimum absolute atomic E-state index is 0.133. The van der Waals surface area contributed by atoms with Crippen LogP contribution in [0.2, 0.25) is 5.02 Å². The molecule has 5 nitrogen and oxygen atoms in total. The van der Waals surface area contributed by atoms with Gasteiger partial charge in [-0.1, -0.05) is 17.7 Å². The first kappa shape index (κ1) is 15.3. The van der Waals surface area contributed by atoms with E-state index in [2.05, 4.69) is 5.10 Å². The van der Waals surface area contributed by atoms with Gasteiger partial charge in [-0.2, -0.15) is 5.10 Å². The Kier molecular flexibility index (Phi) is 4.36. The Bertz CT molecular complexity index is 641. The smallest absolute Gasteiger partial charge is 0.244 e. The van der Waals surface area contributed by atoms with Gasteiger partial charge in [0, 0.05) is 32.8 Å². The maximum Gasteiger partial charge on any atom is 0.244 e. The molecule has 0 saturated carbocycles. The summed E-state index contributed by atoms with van der Waals surface area (Å²) in [4.78, 5) is 0.133. The Morgan fingerprint density at radius 3 is 2.60 bits per heavy atom. The lowest BCUT2D eigenvalue weighted by Gasteiger charge is -2.16. The van der Waals surface area contributed by atoms with Gasteiger partial charge in [0.05, 0.1) is 11.6 Å². The third kappa shape index (κ3) is 3.13. The van der Waals surface area contributed by atoms with Gasteiger partial charge in [0.2, 0.25) is 10.0 Å². The second-order valence-electron chi connectivity index (χ2n) is 5.03. The van der Waals surface area contributed by atoms with Gasteiger partial charge in [-0.15, -0.1) is 0 Å². The van der Waals surface area contributed by atoms with Gasteiger partial charge in [0.15, 0.2) is 0 Å². The molecule has 110 valence electrons. The van der Waals surface area contributed by atoms with Crippen LogP contribution < -0.4 is 0 Å². The molecular weight excluding hydrogens is 298 g/mol. The number of halogens is 1. The summed E-state index contributed by atoms with van der Waals surface area (Å²) >= 11 is 6.11. The van der Waals surface area contributed by atoms with Crippen LogP contribution in [0.1, 0.15) is 18.9 Å². The molecule has 7 heteroatoms. The van der Waals surface area contributed by atoms with Gasteiger partial charge in [-0.05, 0) is 24.6 Å². The summed E-state index contributed by atoms with van der Waals surface area (Å²) in [7, 11) is -0.525. The zero-order valence-corrected chi connectivity index (χ0v) is 13.4. The quantitative estimate of drug-likeness (QED) is 0.855. The fourth-order valence-electron chi connectivity index (χ4n) is 2.01. The van der Waals surface area contributed by atoms with Crippen molar-refractivity contribution in [3.05, 3.63) is 28.8 Å². The standard InChI is InChI=1S/C13H18ClN3O2S/c1-10-6-7-17(15-10)9-11-4-5-13(12(14)8-11)20(18,19)16(2)3/h4-5,8H,6-7,9H2,1-3H3. The van der Waals surface area contributed by atoms with Gasteiger partial charge < -0.3 is 0 Å². The van der Waals surface area contributed by atoms with E-state index in [4.69, 9.17) is 11.6 Å². The molecule has 1 aliphatic heterocycles. The van der Waals surface area contributed by atoms with E-state index >= 15 is 0 Å². The monoisotopic (exact) mass is 315 g/mol. The lowest BCUT2D eigenvalue weighted by Crippen LogP contribution is -2.22. The van der Waals surface area contributed by atoms with Gasteiger partial charge in [0.25, 0.3) is 0 Å². The van der Waals surface area contributed by atoms with Crippen molar-refractivity contribution in [3.63, 3.8) is 0 Å². The highest BCUT2D eigenvalue weighted by Crippen LogP contribution is 2.25. The van der Waals surface area contributed by atoms with Crippen molar-refractivity contribution in [1.82, 2.24) is 9.31 Å². The highest BCUT2D eigenvalue weighted by Gasteiger charge is 2.21. The van der Waals surface area contributed by atoms with E-state index in [1.54, 1.807) is 18.2 Å². The fourth-order valence-corrected chi connectivity index (χ4v) is 3.44. The molecule has 0 saturated heterocycles. The first-order valence-corrected chi connectivity index (χ1v) is 8.12. The fraction of sp³-hybridized carbons (Fsp3) is 0.462. The van der Waals surface area contributed by atoms with Crippen LogP contribution in [-0.4, -0.2) is 44.1 Å². The van der Waals surface area contributed by atoms with Crippen LogP contribution >= 0.6 is 11.6 Å². The molecule has 1 aromatic rings. The highest BCUT2D eigenvalue weighted by atomic mass is 35.5. The van der Waals surface area contributed by atoms with Crippen LogP contribution in [0, 0.1) is 0 Å². The zero-order valence-electron chi connectivity index (χ0n) is 11.8. The molecule has 20 heavy (non-hydrogen) atoms. The Morgan fingerprint density at radius 2 is 2.10 bits per heavy atom. The van der Waals surface area contributed by atoms with E-state index < -0.39 is 10.0 Å². The zero-order chi connectivity index (χ0) is 14.9. The molecule has 1 heterocycles. The summed E-state index contributed by atoms with van der Waals surface area (Å²) in [6, 6.07) is 5.03. The van der Waals surface area contributed by atoms with Crippen LogP contribution in [0.4, 0.5) is 0 Å². The molecule has 0 atom stereocenters. The van der Waals surface area contributed by atoms with Gasteiger partial charge in [0.1, 0.15) is 4.90 Å². The molecule has 0 bridgehead atoms. The number of hydrogen-bond acceptors (Lipinski definition) is 4. The first-order chi connectivity index (χ1) is 9.30. The van der Waals surface area contributed by atoms with Crippen molar-refractivity contribution in [2.45, 2.75) is 24.8 Å². The minimum atomic E-state index is -3.50. The van der Waals surface area contributed by atoms with Crippen molar-refractivity contribution in [2.75, 3.05) is 20.6 Å². The lowest BCUT2D eigenvalue weighted by molar-refractivity contribution is 0.310. The van der Waals surface area contributed by atoms with Crippen molar-refractivity contribution in [1.29, 1.82) is 0 Å². The number of hydrogen-bond donors (Lipinski definition) is 0. The Hall–Kier alpha value is -1.11. The molecule has 0 aromatic heterocycles. The second kappa shape index (κ2) is 5.71. The predicted molar refractivity (Wildman–Crippen MR) is 80.5 cm³/mol. The van der Waals surface area contributed by atoms with E-state index in [9.17, 15) is 8.42 Å². The summed E-state index contributed by atoms with van der Waals surface area (Å²) in [6.07, 6.45) is 0.973. The van der Waals surface area contributed by atoms with Crippen molar-refractivity contribution in [2.24, 2.45) is 5.10 Å². The molecule has 0 N–H and O–H groups in total. The molecule has 0 radical (unpaired) electrons. The van der Waals surface area contributed by atoms with Crippen LogP contribution in [0.5, 0.6) is 0 Å². The first-order valence-electron chi connectivity index (χ1n) is 6.30. The summed E-state index contributed by atoms with van der Waals surface area (Å²) in [5, 5.41) is 6.60. The predicted octanol–water partition coefficient (Wildman–Crippen LogP) is 2.17. The van der Waals surface area contributed by atoms with E-state index in [0.717, 1.165) is 28.5 Å². The summed E-state index contributed by atoms with van der Waals surface area (Å²) in [5.74, 6) is 0. The van der Waals surface area contributed by atoms with Crippen LogP contribution in [0.3, 0.4) is 0 Å². The largest absolute Gasteiger partial charge is 0.292 e. The van der Waals surface area contributed by atoms with Gasteiger partial charge in [-0.3, -0.25) is 5.01 Å². The Morgan fingerprint density at radius 1 is 1.40 bits per heavy atom. The number of benzene rings is 1. The van der Waals surface area contributed by atoms with Gasteiger partial charge in [-0.25, -0.2) is 12.7 Å². The van der Waals surface area contributed by atoms with E-state index in [-0.39, 0.29) is 9.92 Å². The molecule has 0 spiro atoms. The maximum absolute atomic E-state index is 12.1. The molecule has 0 amide bonds. The molecule has 1 aromatic carbocycles. The second-order valence-corrected chi connectivity index (χ2v) is 7.55.